The SMILES string of the molecule is Nc1[nH]ncc1-c1nc2cc(C(F)(F)F)ccc2o1. The Hall–Kier alpha value is -2.51. The summed E-state index contributed by atoms with van der Waals surface area (Å²) in [6.07, 6.45) is -3.02. The van der Waals surface area contributed by atoms with Crippen LogP contribution < -0.4 is 5.73 Å². The van der Waals surface area contributed by atoms with E-state index >= 15 is 0 Å². The van der Waals surface area contributed by atoms with Gasteiger partial charge < -0.3 is 10.2 Å². The smallest absolute Gasteiger partial charge is 0.416 e. The lowest BCUT2D eigenvalue weighted by Crippen LogP contribution is -2.03. The standard InChI is InChI=1S/C11H7F3N4O/c12-11(13,14)5-1-2-8-7(3-5)17-10(19-8)6-4-16-18-9(6)15/h1-4H,(H3,15,16,18). The number of aromatic amines is 1. The Balaban J connectivity index is 2.14. The molecular weight excluding hydrogens is 261 g/mol. The van der Waals surface area contributed by atoms with E-state index in [1.807, 2.05) is 0 Å². The van der Waals surface area contributed by atoms with Gasteiger partial charge in [0, 0.05) is 0 Å². The van der Waals surface area contributed by atoms with E-state index in [1.54, 1.807) is 0 Å². The molecule has 0 saturated carbocycles. The molecule has 0 radical (unpaired) electrons. The molecule has 3 N–H and O–H groups in total. The summed E-state index contributed by atoms with van der Waals surface area (Å²) < 4.78 is 43.0. The van der Waals surface area contributed by atoms with Crippen molar-refractivity contribution in [2.75, 3.05) is 5.73 Å². The maximum Gasteiger partial charge on any atom is 0.416 e. The van der Waals surface area contributed by atoms with E-state index in [0.717, 1.165) is 12.1 Å². The van der Waals surface area contributed by atoms with Crippen molar-refractivity contribution in [3.05, 3.63) is 30.0 Å². The molecule has 0 saturated heterocycles. The van der Waals surface area contributed by atoms with Crippen LogP contribution in [0.1, 0.15) is 5.56 Å². The molecule has 0 aliphatic rings. The van der Waals surface area contributed by atoms with Gasteiger partial charge in [0.15, 0.2) is 5.58 Å². The predicted octanol–water partition coefficient (Wildman–Crippen LogP) is 2.82. The van der Waals surface area contributed by atoms with Crippen molar-refractivity contribution in [1.29, 1.82) is 0 Å². The molecule has 0 aliphatic heterocycles. The number of nitrogens with zero attached hydrogens (tertiary/aromatic N) is 2. The van der Waals surface area contributed by atoms with Gasteiger partial charge in [-0.2, -0.15) is 18.3 Å². The van der Waals surface area contributed by atoms with Crippen molar-refractivity contribution >= 4 is 16.9 Å². The van der Waals surface area contributed by atoms with Crippen molar-refractivity contribution in [3.63, 3.8) is 0 Å². The van der Waals surface area contributed by atoms with E-state index in [9.17, 15) is 13.2 Å². The summed E-state index contributed by atoms with van der Waals surface area (Å²) in [5.74, 6) is 0.364. The Labute approximate surface area is 104 Å². The predicted molar refractivity (Wildman–Crippen MR) is 61.0 cm³/mol. The van der Waals surface area contributed by atoms with Crippen LogP contribution in [0.5, 0.6) is 0 Å². The van der Waals surface area contributed by atoms with E-state index in [2.05, 4.69) is 15.2 Å². The van der Waals surface area contributed by atoms with Gasteiger partial charge in [0.25, 0.3) is 0 Å². The number of H-pyrrole nitrogens is 1. The van der Waals surface area contributed by atoms with Crippen molar-refractivity contribution in [1.82, 2.24) is 15.2 Å². The van der Waals surface area contributed by atoms with E-state index in [0.29, 0.717) is 5.56 Å². The first-order valence-electron chi connectivity index (χ1n) is 5.22. The minimum absolute atomic E-state index is 0.116. The molecule has 0 fully saturated rings. The average molecular weight is 268 g/mol. The number of alkyl halides is 3. The molecule has 8 heteroatoms. The number of nitrogens with one attached hydrogen (secondary N) is 1. The molecule has 0 amide bonds. The summed E-state index contributed by atoms with van der Waals surface area (Å²) in [5, 5.41) is 6.19. The van der Waals surface area contributed by atoms with Crippen LogP contribution in [0.25, 0.3) is 22.6 Å². The first kappa shape index (κ1) is 11.6. The second-order valence-electron chi connectivity index (χ2n) is 3.90. The molecule has 0 atom stereocenters. The van der Waals surface area contributed by atoms with Crippen molar-refractivity contribution < 1.29 is 17.6 Å². The fourth-order valence-electron chi connectivity index (χ4n) is 1.69. The van der Waals surface area contributed by atoms with Crippen LogP contribution in [0.2, 0.25) is 0 Å². The molecule has 19 heavy (non-hydrogen) atoms. The van der Waals surface area contributed by atoms with Crippen LogP contribution in [0.15, 0.2) is 28.8 Å². The topological polar surface area (TPSA) is 80.7 Å². The first-order valence-corrected chi connectivity index (χ1v) is 5.22. The second kappa shape index (κ2) is 3.74. The third kappa shape index (κ3) is 1.90. The number of rotatable bonds is 1. The molecule has 2 aromatic heterocycles. The lowest BCUT2D eigenvalue weighted by molar-refractivity contribution is -0.137. The molecule has 1 aromatic carbocycles. The quantitative estimate of drug-likeness (QED) is 0.711. The molecular formula is C11H7F3N4O. The molecule has 0 aliphatic carbocycles. The Morgan fingerprint density at radius 3 is 2.68 bits per heavy atom. The van der Waals surface area contributed by atoms with Gasteiger partial charge in [0.2, 0.25) is 5.89 Å². The number of benzene rings is 1. The molecule has 98 valence electrons. The number of hydrogen-bond donors (Lipinski definition) is 2. The van der Waals surface area contributed by atoms with E-state index in [4.69, 9.17) is 10.2 Å². The lowest BCUT2D eigenvalue weighted by atomic mass is 10.2. The van der Waals surface area contributed by atoms with Gasteiger partial charge in [-0.25, -0.2) is 4.98 Å². The second-order valence-corrected chi connectivity index (χ2v) is 3.90. The maximum atomic E-state index is 12.6. The van der Waals surface area contributed by atoms with Crippen LogP contribution in [-0.2, 0) is 6.18 Å². The number of anilines is 1. The van der Waals surface area contributed by atoms with Gasteiger partial charge in [-0.15, -0.1) is 0 Å². The summed E-state index contributed by atoms with van der Waals surface area (Å²) in [6.45, 7) is 0. The van der Waals surface area contributed by atoms with Crippen LogP contribution in [0.3, 0.4) is 0 Å². The molecule has 2 heterocycles. The number of halogens is 3. The van der Waals surface area contributed by atoms with Gasteiger partial charge in [0.05, 0.1) is 17.3 Å². The first-order chi connectivity index (χ1) is 8.95. The zero-order valence-electron chi connectivity index (χ0n) is 9.32. The number of nitrogen functional groups attached to an aromatic ring is 1. The molecule has 3 rings (SSSR count). The summed E-state index contributed by atoms with van der Waals surface area (Å²) in [6, 6.07) is 3.10. The van der Waals surface area contributed by atoms with Gasteiger partial charge >= 0.3 is 6.18 Å². The highest BCUT2D eigenvalue weighted by atomic mass is 19.4. The zero-order chi connectivity index (χ0) is 13.6. The van der Waals surface area contributed by atoms with E-state index < -0.39 is 11.7 Å². The van der Waals surface area contributed by atoms with Crippen molar-refractivity contribution in [3.8, 4) is 11.5 Å². The van der Waals surface area contributed by atoms with Crippen LogP contribution in [-0.4, -0.2) is 15.2 Å². The monoisotopic (exact) mass is 268 g/mol. The number of aromatic nitrogens is 3. The number of nitrogens with two attached hydrogens (primary N) is 1. The van der Waals surface area contributed by atoms with Crippen LogP contribution in [0.4, 0.5) is 19.0 Å². The number of oxazole rings is 1. The van der Waals surface area contributed by atoms with E-state index in [1.165, 1.54) is 12.3 Å². The third-order valence-electron chi connectivity index (χ3n) is 2.61. The van der Waals surface area contributed by atoms with Gasteiger partial charge in [0.1, 0.15) is 11.3 Å². The average Bonchev–Trinajstić information content (AvgIpc) is 2.91. The van der Waals surface area contributed by atoms with E-state index in [-0.39, 0.29) is 22.8 Å². The lowest BCUT2D eigenvalue weighted by Gasteiger charge is -2.04. The largest absolute Gasteiger partial charge is 0.436 e. The Kier molecular flexibility index (Phi) is 2.28. The van der Waals surface area contributed by atoms with Gasteiger partial charge in [-0.05, 0) is 18.2 Å². The fraction of sp³-hybridized carbons (Fsp3) is 0.0909. The molecule has 0 spiro atoms. The fourth-order valence-corrected chi connectivity index (χ4v) is 1.69. The summed E-state index contributed by atoms with van der Waals surface area (Å²) in [7, 11) is 0. The maximum absolute atomic E-state index is 12.6. The van der Waals surface area contributed by atoms with Crippen molar-refractivity contribution in [2.45, 2.75) is 6.18 Å². The number of hydrogen-bond acceptors (Lipinski definition) is 4. The highest BCUT2D eigenvalue weighted by molar-refractivity contribution is 5.79. The molecule has 0 unspecified atom stereocenters. The normalized spacial score (nSPS) is 12.2. The zero-order valence-corrected chi connectivity index (χ0v) is 9.32. The molecule has 0 bridgehead atoms. The number of fused-ring (bicyclic) bond motifs is 1. The molecule has 5 nitrogen and oxygen atoms in total. The molecule has 3 aromatic rings. The Bertz CT molecular complexity index is 744. The highest BCUT2D eigenvalue weighted by Crippen LogP contribution is 2.33. The van der Waals surface area contributed by atoms with Crippen LogP contribution >= 0.6 is 0 Å². The Morgan fingerprint density at radius 1 is 1.26 bits per heavy atom. The summed E-state index contributed by atoms with van der Waals surface area (Å²) in [4.78, 5) is 3.98. The van der Waals surface area contributed by atoms with Crippen LogP contribution in [0, 0.1) is 0 Å². The van der Waals surface area contributed by atoms with Gasteiger partial charge in [-0.3, -0.25) is 5.10 Å². The highest BCUT2D eigenvalue weighted by Gasteiger charge is 2.31. The Morgan fingerprint density at radius 2 is 2.05 bits per heavy atom. The summed E-state index contributed by atoms with van der Waals surface area (Å²) in [5.41, 5.74) is 5.59. The van der Waals surface area contributed by atoms with Gasteiger partial charge in [-0.1, -0.05) is 0 Å². The van der Waals surface area contributed by atoms with Crippen molar-refractivity contribution in [2.24, 2.45) is 0 Å². The summed E-state index contributed by atoms with van der Waals surface area (Å²) >= 11 is 0. The minimum Gasteiger partial charge on any atom is -0.436 e. The minimum atomic E-state index is -4.41. The third-order valence-corrected chi connectivity index (χ3v) is 2.61.